The lowest BCUT2D eigenvalue weighted by atomic mass is 9.91. The zero-order valence-corrected chi connectivity index (χ0v) is 15.1. The topological polar surface area (TPSA) is 62.2 Å². The van der Waals surface area contributed by atoms with Crippen molar-refractivity contribution in [3.8, 4) is 17.2 Å². The number of aliphatic hydroxyl groups excluding tert-OH is 1. The largest absolute Gasteiger partial charge is 0.504 e. The second-order valence-corrected chi connectivity index (χ2v) is 6.45. The first-order valence-corrected chi connectivity index (χ1v) is 8.52. The van der Waals surface area contributed by atoms with Crippen LogP contribution in [0.2, 0.25) is 5.02 Å². The lowest BCUT2D eigenvalue weighted by molar-refractivity contribution is 0.108. The molecule has 0 saturated heterocycles. The minimum absolute atomic E-state index is 0.0413. The monoisotopic (exact) mass is 363 g/mol. The number of hydrogen-bond donors (Lipinski definition) is 2. The molecule has 0 radical (unpaired) electrons. The number of aliphatic hydroxyl groups is 1. The molecule has 0 spiro atoms. The average Bonchev–Trinajstić information content (AvgIpc) is 2.62. The van der Waals surface area contributed by atoms with E-state index in [9.17, 15) is 10.2 Å². The van der Waals surface area contributed by atoms with Crippen molar-refractivity contribution < 1.29 is 19.7 Å². The molecule has 2 N–H and O–H groups in total. The van der Waals surface area contributed by atoms with Gasteiger partial charge in [-0.1, -0.05) is 23.7 Å². The molecule has 1 aliphatic rings. The second kappa shape index (κ2) is 7.52. The van der Waals surface area contributed by atoms with Crippen LogP contribution in [0.25, 0.3) is 0 Å². The predicted molar refractivity (Wildman–Crippen MR) is 96.6 cm³/mol. The van der Waals surface area contributed by atoms with Crippen LogP contribution in [0.3, 0.4) is 0 Å². The molecule has 2 aromatic carbocycles. The number of halogens is 1. The van der Waals surface area contributed by atoms with Crippen LogP contribution < -0.4 is 9.47 Å². The molecule has 1 atom stereocenters. The van der Waals surface area contributed by atoms with Crippen molar-refractivity contribution in [3.63, 3.8) is 0 Å². The number of rotatable bonds is 5. The summed E-state index contributed by atoms with van der Waals surface area (Å²) < 4.78 is 10.5. The number of nitrogens with zero attached hydrogens (tertiary/aromatic N) is 1. The Hall–Kier alpha value is -1.95. The SMILES string of the molecule is COc1cc2c(cc1O)[C@@H](CO)N(Cc1cccc(OC)c1Cl)CC2. The first-order valence-electron chi connectivity index (χ1n) is 8.15. The third-order valence-corrected chi connectivity index (χ3v) is 5.15. The van der Waals surface area contributed by atoms with Crippen molar-refractivity contribution in [3.05, 3.63) is 52.0 Å². The highest BCUT2D eigenvalue weighted by Gasteiger charge is 2.29. The quantitative estimate of drug-likeness (QED) is 0.854. The summed E-state index contributed by atoms with van der Waals surface area (Å²) in [6.07, 6.45) is 0.810. The lowest BCUT2D eigenvalue weighted by Crippen LogP contribution is -2.37. The van der Waals surface area contributed by atoms with Crippen LogP contribution in [0.1, 0.15) is 22.7 Å². The van der Waals surface area contributed by atoms with Crippen LogP contribution in [0.5, 0.6) is 17.2 Å². The smallest absolute Gasteiger partial charge is 0.160 e. The van der Waals surface area contributed by atoms with Crippen molar-refractivity contribution in [2.24, 2.45) is 0 Å². The Morgan fingerprint density at radius 2 is 1.96 bits per heavy atom. The number of benzene rings is 2. The molecule has 1 aliphatic heterocycles. The van der Waals surface area contributed by atoms with Gasteiger partial charge in [0, 0.05) is 13.1 Å². The Kier molecular flexibility index (Phi) is 5.37. The first-order chi connectivity index (χ1) is 12.1. The number of aromatic hydroxyl groups is 1. The van der Waals surface area contributed by atoms with Gasteiger partial charge in [0.05, 0.1) is 31.9 Å². The molecular formula is C19H22ClNO4. The molecule has 134 valence electrons. The van der Waals surface area contributed by atoms with E-state index in [0.717, 1.165) is 29.7 Å². The van der Waals surface area contributed by atoms with Gasteiger partial charge in [0.2, 0.25) is 0 Å². The molecule has 6 heteroatoms. The Labute approximate surface area is 152 Å². The van der Waals surface area contributed by atoms with Gasteiger partial charge >= 0.3 is 0 Å². The van der Waals surface area contributed by atoms with Gasteiger partial charge in [0.15, 0.2) is 11.5 Å². The fraction of sp³-hybridized carbons (Fsp3) is 0.368. The van der Waals surface area contributed by atoms with Gasteiger partial charge in [-0.25, -0.2) is 0 Å². The van der Waals surface area contributed by atoms with Gasteiger partial charge in [0.25, 0.3) is 0 Å². The van der Waals surface area contributed by atoms with Crippen molar-refractivity contribution in [1.82, 2.24) is 4.90 Å². The normalized spacial score (nSPS) is 17.2. The summed E-state index contributed by atoms with van der Waals surface area (Å²) in [6.45, 7) is 1.33. The maximum Gasteiger partial charge on any atom is 0.160 e. The molecule has 0 aromatic heterocycles. The van der Waals surface area contributed by atoms with E-state index in [2.05, 4.69) is 4.90 Å². The molecular weight excluding hydrogens is 342 g/mol. The molecule has 2 aromatic rings. The lowest BCUT2D eigenvalue weighted by Gasteiger charge is -2.36. The van der Waals surface area contributed by atoms with E-state index in [4.69, 9.17) is 21.1 Å². The van der Waals surface area contributed by atoms with Crippen molar-refractivity contribution in [2.45, 2.75) is 19.0 Å². The minimum atomic E-state index is -0.206. The highest BCUT2D eigenvalue weighted by molar-refractivity contribution is 6.32. The van der Waals surface area contributed by atoms with Crippen LogP contribution >= 0.6 is 11.6 Å². The Balaban J connectivity index is 1.91. The summed E-state index contributed by atoms with van der Waals surface area (Å²) in [5.41, 5.74) is 2.95. The second-order valence-electron chi connectivity index (χ2n) is 6.08. The Morgan fingerprint density at radius 3 is 2.64 bits per heavy atom. The molecule has 0 fully saturated rings. The molecule has 0 saturated carbocycles. The number of hydrogen-bond acceptors (Lipinski definition) is 5. The number of phenols is 1. The summed E-state index contributed by atoms with van der Waals surface area (Å²) in [6, 6.07) is 9.02. The molecule has 1 heterocycles. The number of fused-ring (bicyclic) bond motifs is 1. The summed E-state index contributed by atoms with van der Waals surface area (Å²) in [5, 5.41) is 20.7. The van der Waals surface area contributed by atoms with Gasteiger partial charge < -0.3 is 19.7 Å². The third-order valence-electron chi connectivity index (χ3n) is 4.72. The van der Waals surface area contributed by atoms with E-state index >= 15 is 0 Å². The maximum absolute atomic E-state index is 10.1. The number of ether oxygens (including phenoxy) is 2. The van der Waals surface area contributed by atoms with E-state index in [1.807, 2.05) is 24.3 Å². The van der Waals surface area contributed by atoms with Crippen molar-refractivity contribution >= 4 is 11.6 Å². The molecule has 0 amide bonds. The van der Waals surface area contributed by atoms with Crippen molar-refractivity contribution in [1.29, 1.82) is 0 Å². The van der Waals surface area contributed by atoms with Gasteiger partial charge in [-0.05, 0) is 41.3 Å². The number of phenolic OH excluding ortho intramolecular Hbond substituents is 1. The van der Waals surface area contributed by atoms with Crippen LogP contribution in [0.15, 0.2) is 30.3 Å². The van der Waals surface area contributed by atoms with E-state index in [1.165, 1.54) is 7.11 Å². The third kappa shape index (κ3) is 3.40. The summed E-state index contributed by atoms with van der Waals surface area (Å²) in [7, 11) is 3.12. The average molecular weight is 364 g/mol. The molecule has 0 bridgehead atoms. The van der Waals surface area contributed by atoms with Crippen molar-refractivity contribution in [2.75, 3.05) is 27.4 Å². The zero-order valence-electron chi connectivity index (χ0n) is 14.3. The predicted octanol–water partition coefficient (Wildman–Crippen LogP) is 3.15. The molecule has 3 rings (SSSR count). The van der Waals surface area contributed by atoms with E-state index < -0.39 is 0 Å². The molecule has 5 nitrogen and oxygen atoms in total. The van der Waals surface area contributed by atoms with Gasteiger partial charge in [0.1, 0.15) is 5.75 Å². The summed E-state index contributed by atoms with van der Waals surface area (Å²) >= 11 is 6.41. The molecule has 0 unspecified atom stereocenters. The summed E-state index contributed by atoms with van der Waals surface area (Å²) in [4.78, 5) is 2.16. The highest BCUT2D eigenvalue weighted by Crippen LogP contribution is 2.38. The van der Waals surface area contributed by atoms with Gasteiger partial charge in [-0.2, -0.15) is 0 Å². The highest BCUT2D eigenvalue weighted by atomic mass is 35.5. The fourth-order valence-corrected chi connectivity index (χ4v) is 3.65. The number of methoxy groups -OCH3 is 2. The zero-order chi connectivity index (χ0) is 18.0. The van der Waals surface area contributed by atoms with Crippen LogP contribution in [-0.4, -0.2) is 42.5 Å². The Morgan fingerprint density at radius 1 is 1.20 bits per heavy atom. The van der Waals surface area contributed by atoms with E-state index in [-0.39, 0.29) is 18.4 Å². The summed E-state index contributed by atoms with van der Waals surface area (Å²) in [5.74, 6) is 1.18. The van der Waals surface area contributed by atoms with E-state index in [0.29, 0.717) is 23.1 Å². The van der Waals surface area contributed by atoms with Gasteiger partial charge in [-0.15, -0.1) is 0 Å². The minimum Gasteiger partial charge on any atom is -0.504 e. The van der Waals surface area contributed by atoms with Crippen LogP contribution in [-0.2, 0) is 13.0 Å². The fourth-order valence-electron chi connectivity index (χ4n) is 3.39. The van der Waals surface area contributed by atoms with Crippen LogP contribution in [0, 0.1) is 0 Å². The van der Waals surface area contributed by atoms with E-state index in [1.54, 1.807) is 13.2 Å². The molecule has 0 aliphatic carbocycles. The molecule has 25 heavy (non-hydrogen) atoms. The van der Waals surface area contributed by atoms with Gasteiger partial charge in [-0.3, -0.25) is 4.90 Å². The standard InChI is InChI=1S/C19H22ClNO4/c1-24-17-5-3-4-13(19(17)20)10-21-7-6-12-8-18(25-2)16(23)9-14(12)15(21)11-22/h3-5,8-9,15,22-23H,6-7,10-11H2,1-2H3/t15-/m1/s1. The first kappa shape index (κ1) is 17.9. The Bertz CT molecular complexity index is 765. The maximum atomic E-state index is 10.1. The van der Waals surface area contributed by atoms with Crippen LogP contribution in [0.4, 0.5) is 0 Å².